The summed E-state index contributed by atoms with van der Waals surface area (Å²) in [6, 6.07) is 8.14. The number of imide groups is 2. The van der Waals surface area contributed by atoms with Crippen molar-refractivity contribution in [2.45, 2.75) is 75.6 Å². The van der Waals surface area contributed by atoms with Gasteiger partial charge in [0.1, 0.15) is 24.0 Å². The lowest BCUT2D eigenvalue weighted by atomic mass is 9.86. The summed E-state index contributed by atoms with van der Waals surface area (Å²) >= 11 is 12.0. The molecule has 0 spiro atoms. The van der Waals surface area contributed by atoms with Gasteiger partial charge < -0.3 is 19.7 Å². The van der Waals surface area contributed by atoms with E-state index in [9.17, 15) is 23.6 Å². The largest absolute Gasteiger partial charge is 0.493 e. The van der Waals surface area contributed by atoms with Crippen LogP contribution in [0.5, 0.6) is 11.5 Å². The number of ether oxygens (including phenoxy) is 2. The molecule has 3 unspecified atom stereocenters. The lowest BCUT2D eigenvalue weighted by molar-refractivity contribution is -0.136. The number of halogens is 4. The molecule has 4 aliphatic heterocycles. The molecule has 5 heterocycles. The SMILES string of the molecule is COc1cc2ncnc(Nc3ccc(Cl)c(Cl)c3F)c2cc1OC1CCC(CN2CC3CCC(C2)N3c2cc3c(cc2F)C(=O)N(C2CCC(=O)NC2=O)C3=O)CC1. The molecule has 2 bridgehead atoms. The van der Waals surface area contributed by atoms with E-state index in [0.717, 1.165) is 69.1 Å². The third-order valence-corrected chi connectivity index (χ3v) is 12.9. The molecule has 3 atom stereocenters. The Morgan fingerprint density at radius 3 is 2.31 bits per heavy atom. The Labute approximate surface area is 341 Å². The molecular weight excluding hydrogens is 795 g/mol. The molecule has 4 amide bonds. The second-order valence-corrected chi connectivity index (χ2v) is 16.4. The van der Waals surface area contributed by atoms with Crippen molar-refractivity contribution in [3.05, 3.63) is 75.5 Å². The zero-order valence-electron chi connectivity index (χ0n) is 31.4. The number of amides is 4. The van der Waals surface area contributed by atoms with Gasteiger partial charge in [-0.15, -0.1) is 0 Å². The predicted octanol–water partition coefficient (Wildman–Crippen LogP) is 6.66. The van der Waals surface area contributed by atoms with Crippen molar-refractivity contribution < 1.29 is 37.4 Å². The predicted molar refractivity (Wildman–Crippen MR) is 211 cm³/mol. The second kappa shape index (κ2) is 15.2. The van der Waals surface area contributed by atoms with Crippen molar-refractivity contribution in [1.29, 1.82) is 0 Å². The first kappa shape index (κ1) is 38.4. The van der Waals surface area contributed by atoms with Crippen LogP contribution >= 0.6 is 23.2 Å². The van der Waals surface area contributed by atoms with Gasteiger partial charge in [-0.3, -0.25) is 34.3 Å². The molecule has 1 aromatic heterocycles. The number of carbonyl (C=O) groups is 4. The molecule has 3 saturated heterocycles. The van der Waals surface area contributed by atoms with E-state index in [1.54, 1.807) is 19.2 Å². The summed E-state index contributed by atoms with van der Waals surface area (Å²) in [5.41, 5.74) is 1.02. The summed E-state index contributed by atoms with van der Waals surface area (Å²) in [4.78, 5) is 65.1. The summed E-state index contributed by atoms with van der Waals surface area (Å²) in [5.74, 6) is -1.91. The highest BCUT2D eigenvalue weighted by Crippen LogP contribution is 2.42. The van der Waals surface area contributed by atoms with Crippen molar-refractivity contribution in [1.82, 2.24) is 25.1 Å². The van der Waals surface area contributed by atoms with Gasteiger partial charge in [0.2, 0.25) is 11.8 Å². The minimum Gasteiger partial charge on any atom is -0.493 e. The van der Waals surface area contributed by atoms with E-state index in [1.807, 2.05) is 0 Å². The molecule has 17 heteroatoms. The van der Waals surface area contributed by atoms with Gasteiger partial charge in [-0.05, 0) is 81.2 Å². The van der Waals surface area contributed by atoms with E-state index < -0.39 is 41.3 Å². The van der Waals surface area contributed by atoms with Gasteiger partial charge in [0.15, 0.2) is 17.3 Å². The second-order valence-electron chi connectivity index (χ2n) is 15.7. The molecule has 3 aromatic carbocycles. The molecule has 2 N–H and O–H groups in total. The standard InChI is InChI=1S/C41H39Cl2F2N7O6/c1-57-33-15-30-26(38(47-19-46-30)48-29-9-8-27(42)36(43)37(29)45)14-34(33)58-23-6-2-20(3-7-23)16-50-17-21-4-5-22(18-50)51(21)32-13-25-24(12-28(32)44)40(55)52(41(25)56)31-10-11-35(53)49-39(31)54/h8-9,12-15,19-23,31H,2-7,10-11,16-18H2,1H3,(H,46,47,48)(H,49,53,54). The monoisotopic (exact) mass is 833 g/mol. The number of nitrogens with zero attached hydrogens (tertiary/aromatic N) is 5. The van der Waals surface area contributed by atoms with Gasteiger partial charge in [-0.25, -0.2) is 18.7 Å². The Balaban J connectivity index is 0.832. The number of rotatable bonds is 9. The molecule has 4 aromatic rings. The Bertz CT molecular complexity index is 2370. The van der Waals surface area contributed by atoms with Crippen LogP contribution in [0.1, 0.15) is 72.1 Å². The van der Waals surface area contributed by atoms with Crippen LogP contribution in [0.2, 0.25) is 10.0 Å². The van der Waals surface area contributed by atoms with Crippen LogP contribution in [0.15, 0.2) is 42.7 Å². The maximum atomic E-state index is 15.8. The Morgan fingerprint density at radius 2 is 1.60 bits per heavy atom. The van der Waals surface area contributed by atoms with Crippen molar-refractivity contribution in [3.8, 4) is 11.5 Å². The summed E-state index contributed by atoms with van der Waals surface area (Å²) in [6.45, 7) is 2.40. The van der Waals surface area contributed by atoms with E-state index in [4.69, 9.17) is 32.7 Å². The van der Waals surface area contributed by atoms with E-state index >= 15 is 4.39 Å². The first-order chi connectivity index (χ1) is 28.0. The first-order valence-corrected chi connectivity index (χ1v) is 20.2. The summed E-state index contributed by atoms with van der Waals surface area (Å²) in [7, 11) is 1.57. The molecule has 9 rings (SSSR count). The number of anilines is 3. The number of nitrogens with one attached hydrogen (secondary N) is 2. The van der Waals surface area contributed by atoms with Gasteiger partial charge >= 0.3 is 0 Å². The molecular formula is C41H39Cl2F2N7O6. The van der Waals surface area contributed by atoms with Gasteiger partial charge in [-0.2, -0.15) is 0 Å². The van der Waals surface area contributed by atoms with Crippen LogP contribution in [-0.2, 0) is 9.59 Å². The number of fused-ring (bicyclic) bond motifs is 4. The lowest BCUT2D eigenvalue weighted by Gasteiger charge is -2.44. The number of piperidine rings is 1. The van der Waals surface area contributed by atoms with Crippen LogP contribution in [0.25, 0.3) is 10.9 Å². The average Bonchev–Trinajstić information content (AvgIpc) is 3.61. The highest BCUT2D eigenvalue weighted by molar-refractivity contribution is 6.42. The third-order valence-electron chi connectivity index (χ3n) is 12.2. The molecule has 13 nitrogen and oxygen atoms in total. The molecule has 1 saturated carbocycles. The van der Waals surface area contributed by atoms with Gasteiger partial charge in [0.05, 0.1) is 51.3 Å². The van der Waals surface area contributed by atoms with Crippen LogP contribution in [0, 0.1) is 17.6 Å². The molecule has 58 heavy (non-hydrogen) atoms. The first-order valence-electron chi connectivity index (χ1n) is 19.4. The third kappa shape index (κ3) is 6.86. The smallest absolute Gasteiger partial charge is 0.262 e. The summed E-state index contributed by atoms with van der Waals surface area (Å²) in [6.07, 6.45) is 6.74. The number of hydrogen-bond donors (Lipinski definition) is 2. The van der Waals surface area contributed by atoms with Gasteiger partial charge in [0.25, 0.3) is 11.8 Å². The van der Waals surface area contributed by atoms with Crippen molar-refractivity contribution in [3.63, 3.8) is 0 Å². The van der Waals surface area contributed by atoms with Crippen LogP contribution < -0.4 is 25.0 Å². The normalized spacial score (nSPS) is 24.7. The molecule has 1 aliphatic carbocycles. The zero-order valence-corrected chi connectivity index (χ0v) is 32.9. The number of hydrogen-bond acceptors (Lipinski definition) is 11. The maximum absolute atomic E-state index is 15.8. The fourth-order valence-electron chi connectivity index (χ4n) is 9.35. The fraction of sp³-hybridized carbons (Fsp3) is 0.415. The highest BCUT2D eigenvalue weighted by Gasteiger charge is 2.47. The molecule has 0 radical (unpaired) electrons. The van der Waals surface area contributed by atoms with Crippen LogP contribution in [-0.4, -0.2) is 94.4 Å². The van der Waals surface area contributed by atoms with Crippen molar-refractivity contribution in [2.24, 2.45) is 5.92 Å². The fourth-order valence-corrected chi connectivity index (χ4v) is 9.66. The van der Waals surface area contributed by atoms with E-state index in [0.29, 0.717) is 39.8 Å². The van der Waals surface area contributed by atoms with Crippen molar-refractivity contribution in [2.75, 3.05) is 37.0 Å². The van der Waals surface area contributed by atoms with E-state index in [-0.39, 0.29) is 57.9 Å². The minimum absolute atomic E-state index is 0.0105. The van der Waals surface area contributed by atoms with E-state index in [1.165, 1.54) is 24.5 Å². The quantitative estimate of drug-likeness (QED) is 0.138. The highest BCUT2D eigenvalue weighted by atomic mass is 35.5. The van der Waals surface area contributed by atoms with Gasteiger partial charge in [-0.1, -0.05) is 23.2 Å². The molecule has 5 aliphatic rings. The minimum atomic E-state index is -1.11. The Kier molecular flexibility index (Phi) is 10.1. The Hall–Kier alpha value is -5.12. The van der Waals surface area contributed by atoms with Gasteiger partial charge in [0, 0.05) is 49.6 Å². The summed E-state index contributed by atoms with van der Waals surface area (Å²) in [5, 5.41) is 5.73. The topological polar surface area (TPSA) is 146 Å². The zero-order chi connectivity index (χ0) is 40.4. The summed E-state index contributed by atoms with van der Waals surface area (Å²) < 4.78 is 42.9. The average molecular weight is 835 g/mol. The number of likely N-dealkylation sites (tertiary alicyclic amines) is 1. The molecule has 302 valence electrons. The number of piperazine rings is 1. The van der Waals surface area contributed by atoms with Crippen molar-refractivity contribution >= 4 is 74.9 Å². The number of methoxy groups -OCH3 is 1. The Morgan fingerprint density at radius 1 is 0.879 bits per heavy atom. The van der Waals surface area contributed by atoms with Crippen LogP contribution in [0.4, 0.5) is 26.0 Å². The van der Waals surface area contributed by atoms with E-state index in [2.05, 4.69) is 30.4 Å². The number of benzene rings is 3. The number of aromatic nitrogens is 2. The molecule has 4 fully saturated rings. The van der Waals surface area contributed by atoms with Crippen LogP contribution in [0.3, 0.4) is 0 Å². The number of carbonyl (C=O) groups excluding carboxylic acids is 4. The lowest BCUT2D eigenvalue weighted by Crippen LogP contribution is -2.55. The maximum Gasteiger partial charge on any atom is 0.262 e.